The summed E-state index contributed by atoms with van der Waals surface area (Å²) in [5.74, 6) is -0.973. The first-order valence-electron chi connectivity index (χ1n) is 3.29. The lowest BCUT2D eigenvalue weighted by atomic mass is 10.2. The summed E-state index contributed by atoms with van der Waals surface area (Å²) in [6.07, 6.45) is 0. The number of methoxy groups -OCH3 is 1. The molecule has 1 rings (SSSR count). The van der Waals surface area contributed by atoms with Crippen LogP contribution >= 0.6 is 38.5 Å². The van der Waals surface area contributed by atoms with E-state index in [-0.39, 0.29) is 9.13 Å². The van der Waals surface area contributed by atoms with Gasteiger partial charge in [0.05, 0.1) is 20.7 Å². The fourth-order valence-electron chi connectivity index (χ4n) is 0.794. The van der Waals surface area contributed by atoms with Crippen LogP contribution in [0.25, 0.3) is 0 Å². The van der Waals surface area contributed by atoms with Gasteiger partial charge >= 0.3 is 5.97 Å². The highest BCUT2D eigenvalue weighted by atomic mass is 127. The van der Waals surface area contributed by atoms with Crippen molar-refractivity contribution in [2.75, 3.05) is 7.11 Å². The summed E-state index contributed by atoms with van der Waals surface area (Å²) in [7, 11) is 1.26. The van der Waals surface area contributed by atoms with Crippen molar-refractivity contribution in [1.29, 1.82) is 0 Å². The zero-order valence-electron chi connectivity index (χ0n) is 6.61. The third-order valence-electron chi connectivity index (χ3n) is 1.44. The van der Waals surface area contributed by atoms with Crippen molar-refractivity contribution in [2.24, 2.45) is 0 Å². The molecule has 5 heteroatoms. The second-order valence-corrected chi connectivity index (χ2v) is 4.15. The zero-order valence-corrected chi connectivity index (χ0v) is 10.3. The summed E-state index contributed by atoms with van der Waals surface area (Å²) in [5.41, 5.74) is 0.240. The minimum atomic E-state index is -0.532. The van der Waals surface area contributed by atoms with Gasteiger partial charge in [-0.2, -0.15) is 0 Å². The molecule has 0 aliphatic rings. The van der Waals surface area contributed by atoms with Gasteiger partial charge in [-0.1, -0.05) is 0 Å². The predicted octanol–water partition coefficient (Wildman–Crippen LogP) is 2.98. The van der Waals surface area contributed by atoms with Crippen LogP contribution in [-0.2, 0) is 4.74 Å². The largest absolute Gasteiger partial charge is 0.465 e. The fraction of sp³-hybridized carbons (Fsp3) is 0.125. The standard InChI is InChI=1S/C8H5BrFIO2/c1-13-8(12)4-2-3-5(9)6(10)7(4)11/h2-3H,1H3. The maximum absolute atomic E-state index is 13.2. The van der Waals surface area contributed by atoms with E-state index in [4.69, 9.17) is 0 Å². The molecule has 0 N–H and O–H groups in total. The number of hydrogen-bond donors (Lipinski definition) is 0. The molecule has 2 nitrogen and oxygen atoms in total. The third-order valence-corrected chi connectivity index (χ3v) is 3.11. The molecule has 0 aliphatic heterocycles. The minimum absolute atomic E-state index is 0.240. The highest BCUT2D eigenvalue weighted by Gasteiger charge is 2.15. The van der Waals surface area contributed by atoms with E-state index >= 15 is 0 Å². The van der Waals surface area contributed by atoms with Crippen molar-refractivity contribution < 1.29 is 13.9 Å². The summed E-state index contributed by atoms with van der Waals surface area (Å²) in [6, 6.07) is 2.99. The maximum atomic E-state index is 13.2. The highest BCUT2D eigenvalue weighted by molar-refractivity contribution is 14.1. The van der Waals surface area contributed by atoms with E-state index in [9.17, 15) is 9.18 Å². The van der Waals surface area contributed by atoms with Crippen molar-refractivity contribution in [3.8, 4) is 0 Å². The maximum Gasteiger partial charge on any atom is 0.339 e. The Hall–Kier alpha value is -0.170. The summed E-state index contributed by atoms with van der Waals surface area (Å²) < 4.78 is 18.3. The average Bonchev–Trinajstić information content (AvgIpc) is 2.13. The quantitative estimate of drug-likeness (QED) is 0.438. The van der Waals surface area contributed by atoms with Gasteiger partial charge in [0.15, 0.2) is 5.82 Å². The van der Waals surface area contributed by atoms with Crippen LogP contribution in [0.5, 0.6) is 0 Å². The van der Waals surface area contributed by atoms with Gasteiger partial charge in [-0.15, -0.1) is 0 Å². The SMILES string of the molecule is COC(=O)c1ccc(Br)c(F)c1I. The van der Waals surface area contributed by atoms with Crippen LogP contribution in [-0.4, -0.2) is 13.1 Å². The number of rotatable bonds is 1. The van der Waals surface area contributed by atoms with Crippen LogP contribution < -0.4 is 0 Å². The normalized spacial score (nSPS) is 9.85. The van der Waals surface area contributed by atoms with Crippen molar-refractivity contribution in [2.45, 2.75) is 0 Å². The Labute approximate surface area is 96.7 Å². The number of ether oxygens (including phenoxy) is 1. The smallest absolute Gasteiger partial charge is 0.339 e. The Kier molecular flexibility index (Phi) is 3.66. The van der Waals surface area contributed by atoms with E-state index in [1.807, 2.05) is 0 Å². The van der Waals surface area contributed by atoms with Crippen molar-refractivity contribution in [3.05, 3.63) is 31.6 Å². The Morgan fingerprint density at radius 1 is 1.62 bits per heavy atom. The predicted molar refractivity (Wildman–Crippen MR) is 58.2 cm³/mol. The van der Waals surface area contributed by atoms with Crippen LogP contribution in [0.1, 0.15) is 10.4 Å². The van der Waals surface area contributed by atoms with E-state index in [1.165, 1.54) is 19.2 Å². The third kappa shape index (κ3) is 2.19. The van der Waals surface area contributed by atoms with E-state index < -0.39 is 11.8 Å². The molecule has 0 saturated carbocycles. The molecule has 0 fully saturated rings. The Morgan fingerprint density at radius 3 is 2.77 bits per heavy atom. The molecular weight excluding hydrogens is 354 g/mol. The summed E-state index contributed by atoms with van der Waals surface area (Å²) >= 11 is 4.78. The van der Waals surface area contributed by atoms with Gasteiger partial charge in [0, 0.05) is 0 Å². The minimum Gasteiger partial charge on any atom is -0.465 e. The lowest BCUT2D eigenvalue weighted by Crippen LogP contribution is -2.05. The molecule has 0 aromatic heterocycles. The molecule has 1 aromatic carbocycles. The number of carbonyl (C=O) groups excluding carboxylic acids is 1. The molecule has 0 amide bonds. The number of benzene rings is 1. The van der Waals surface area contributed by atoms with Crippen molar-refractivity contribution >= 4 is 44.5 Å². The van der Waals surface area contributed by atoms with Gasteiger partial charge in [0.2, 0.25) is 0 Å². The molecule has 0 spiro atoms. The molecule has 0 bridgehead atoms. The van der Waals surface area contributed by atoms with Crippen LogP contribution in [0, 0.1) is 9.39 Å². The van der Waals surface area contributed by atoms with Crippen LogP contribution in [0.2, 0.25) is 0 Å². The summed E-state index contributed by atoms with van der Waals surface area (Å²) in [5, 5.41) is 0. The molecule has 0 unspecified atom stereocenters. The van der Waals surface area contributed by atoms with Gasteiger partial charge in [-0.05, 0) is 50.7 Å². The lowest BCUT2D eigenvalue weighted by Gasteiger charge is -2.03. The molecule has 1 aromatic rings. The Balaban J connectivity index is 3.26. The molecule has 0 aliphatic carbocycles. The van der Waals surface area contributed by atoms with Gasteiger partial charge < -0.3 is 4.74 Å². The average molecular weight is 359 g/mol. The van der Waals surface area contributed by atoms with Gasteiger partial charge in [-0.3, -0.25) is 0 Å². The molecule has 0 atom stereocenters. The molecule has 70 valence electrons. The number of hydrogen-bond acceptors (Lipinski definition) is 2. The van der Waals surface area contributed by atoms with Crippen LogP contribution in [0.15, 0.2) is 16.6 Å². The van der Waals surface area contributed by atoms with E-state index in [1.54, 1.807) is 22.6 Å². The molecular formula is C8H5BrFIO2. The van der Waals surface area contributed by atoms with Gasteiger partial charge in [-0.25, -0.2) is 9.18 Å². The molecule has 0 saturated heterocycles. The second kappa shape index (κ2) is 4.36. The first-order valence-corrected chi connectivity index (χ1v) is 5.17. The molecule has 13 heavy (non-hydrogen) atoms. The van der Waals surface area contributed by atoms with Crippen LogP contribution in [0.3, 0.4) is 0 Å². The van der Waals surface area contributed by atoms with E-state index in [0.717, 1.165) is 0 Å². The zero-order chi connectivity index (χ0) is 10.0. The number of halogens is 3. The first-order chi connectivity index (χ1) is 6.07. The van der Waals surface area contributed by atoms with E-state index in [0.29, 0.717) is 4.47 Å². The van der Waals surface area contributed by atoms with Crippen molar-refractivity contribution in [1.82, 2.24) is 0 Å². The summed E-state index contributed by atoms with van der Waals surface area (Å²) in [4.78, 5) is 11.1. The van der Waals surface area contributed by atoms with E-state index in [2.05, 4.69) is 20.7 Å². The molecule has 0 radical (unpaired) electrons. The van der Waals surface area contributed by atoms with Gasteiger partial charge in [0.25, 0.3) is 0 Å². The van der Waals surface area contributed by atoms with Gasteiger partial charge in [0.1, 0.15) is 0 Å². The Bertz CT molecular complexity index is 354. The monoisotopic (exact) mass is 358 g/mol. The first kappa shape index (κ1) is 10.9. The fourth-order valence-corrected chi connectivity index (χ4v) is 2.19. The number of esters is 1. The topological polar surface area (TPSA) is 26.3 Å². The van der Waals surface area contributed by atoms with Crippen molar-refractivity contribution in [3.63, 3.8) is 0 Å². The summed E-state index contributed by atoms with van der Waals surface area (Å²) in [6.45, 7) is 0. The lowest BCUT2D eigenvalue weighted by molar-refractivity contribution is 0.0599. The van der Waals surface area contributed by atoms with Crippen LogP contribution in [0.4, 0.5) is 4.39 Å². The molecule has 0 heterocycles. The second-order valence-electron chi connectivity index (χ2n) is 2.21. The Morgan fingerprint density at radius 2 is 2.23 bits per heavy atom. The number of carbonyl (C=O) groups is 1. The highest BCUT2D eigenvalue weighted by Crippen LogP contribution is 2.24.